The number of hydrogen-bond donors (Lipinski definition) is 2. The van der Waals surface area contributed by atoms with Gasteiger partial charge in [-0.1, -0.05) is 25.4 Å². The van der Waals surface area contributed by atoms with Crippen LogP contribution in [0.25, 0.3) is 5.52 Å². The van der Waals surface area contributed by atoms with Gasteiger partial charge in [0, 0.05) is 36.4 Å². The van der Waals surface area contributed by atoms with Gasteiger partial charge in [-0.2, -0.15) is 13.2 Å². The van der Waals surface area contributed by atoms with Crippen LogP contribution in [0.4, 0.5) is 17.6 Å². The molecule has 0 aliphatic carbocycles. The van der Waals surface area contributed by atoms with E-state index >= 15 is 0 Å². The van der Waals surface area contributed by atoms with Crippen LogP contribution in [-0.4, -0.2) is 68.3 Å². The second-order valence-corrected chi connectivity index (χ2v) is 10.1. The molecule has 208 valence electrons. The van der Waals surface area contributed by atoms with E-state index in [1.165, 1.54) is 49.6 Å². The summed E-state index contributed by atoms with van der Waals surface area (Å²) in [4.78, 5) is 47.9. The smallest absolute Gasteiger partial charge is 0.349 e. The van der Waals surface area contributed by atoms with Crippen LogP contribution < -0.4 is 10.6 Å². The summed E-state index contributed by atoms with van der Waals surface area (Å²) >= 11 is 6.06. The number of alkyl halides is 3. The average Bonchev–Trinajstić information content (AvgIpc) is 3.34. The Labute approximate surface area is 225 Å². The maximum atomic E-state index is 14.2. The van der Waals surface area contributed by atoms with Crippen LogP contribution >= 0.6 is 11.6 Å². The van der Waals surface area contributed by atoms with Crippen LogP contribution in [0.1, 0.15) is 42.2 Å². The summed E-state index contributed by atoms with van der Waals surface area (Å²) in [7, 11) is 0. The van der Waals surface area contributed by atoms with Crippen molar-refractivity contribution in [2.75, 3.05) is 13.1 Å². The maximum Gasteiger partial charge on any atom is 0.471 e. The van der Waals surface area contributed by atoms with E-state index in [9.17, 15) is 31.9 Å². The monoisotopic (exact) mass is 568 g/mol. The number of nitrogens with zero attached hydrogens (tertiary/aromatic N) is 4. The molecule has 1 aliphatic heterocycles. The highest BCUT2D eigenvalue weighted by Crippen LogP contribution is 2.32. The molecule has 2 N–H and O–H groups in total. The van der Waals surface area contributed by atoms with Gasteiger partial charge in [-0.05, 0) is 36.1 Å². The van der Waals surface area contributed by atoms with Crippen molar-refractivity contribution in [3.63, 3.8) is 0 Å². The first kappa shape index (κ1) is 28.3. The minimum absolute atomic E-state index is 0.0573. The number of carbonyl (C=O) groups is 3. The van der Waals surface area contributed by atoms with E-state index in [4.69, 9.17) is 11.6 Å². The Kier molecular flexibility index (Phi) is 8.09. The Balaban J connectivity index is 1.63. The van der Waals surface area contributed by atoms with E-state index in [2.05, 4.69) is 15.3 Å². The summed E-state index contributed by atoms with van der Waals surface area (Å²) in [5.74, 6) is -5.38. The Morgan fingerprint density at radius 2 is 1.92 bits per heavy atom. The van der Waals surface area contributed by atoms with Crippen molar-refractivity contribution < 1.29 is 31.9 Å². The average molecular weight is 569 g/mol. The number of likely N-dealkylation sites (tertiary alicyclic amines) is 1. The first-order chi connectivity index (χ1) is 18.3. The summed E-state index contributed by atoms with van der Waals surface area (Å²) in [5.41, 5.74) is 1.05. The van der Waals surface area contributed by atoms with Gasteiger partial charge in [-0.25, -0.2) is 14.4 Å². The molecule has 0 saturated carbocycles. The summed E-state index contributed by atoms with van der Waals surface area (Å²) in [6.45, 7) is 3.14. The lowest BCUT2D eigenvalue weighted by Gasteiger charge is -2.40. The van der Waals surface area contributed by atoms with Crippen molar-refractivity contribution in [1.82, 2.24) is 29.9 Å². The molecule has 14 heteroatoms. The molecule has 1 fully saturated rings. The maximum absolute atomic E-state index is 14.2. The van der Waals surface area contributed by atoms with Gasteiger partial charge in [0.1, 0.15) is 11.9 Å². The molecule has 39 heavy (non-hydrogen) atoms. The molecule has 3 amide bonds. The molecule has 0 radical (unpaired) electrons. The Morgan fingerprint density at radius 3 is 2.59 bits per heavy atom. The molecule has 0 unspecified atom stereocenters. The van der Waals surface area contributed by atoms with Gasteiger partial charge in [0.15, 0.2) is 5.69 Å². The fourth-order valence-corrected chi connectivity index (χ4v) is 4.90. The fraction of sp³-hybridized carbons (Fsp3) is 0.400. The van der Waals surface area contributed by atoms with E-state index in [0.717, 1.165) is 6.07 Å². The predicted molar refractivity (Wildman–Crippen MR) is 132 cm³/mol. The third-order valence-electron chi connectivity index (χ3n) is 6.58. The molecule has 4 rings (SSSR count). The Morgan fingerprint density at radius 1 is 1.18 bits per heavy atom. The Hall–Kier alpha value is -3.74. The van der Waals surface area contributed by atoms with Gasteiger partial charge in [0.25, 0.3) is 5.91 Å². The molecule has 3 aromatic rings. The fourth-order valence-electron chi connectivity index (χ4n) is 4.67. The first-order valence-electron chi connectivity index (χ1n) is 12.0. The van der Waals surface area contributed by atoms with Gasteiger partial charge < -0.3 is 19.9 Å². The summed E-state index contributed by atoms with van der Waals surface area (Å²) in [5, 5.41) is 4.56. The zero-order valence-corrected chi connectivity index (χ0v) is 21.6. The van der Waals surface area contributed by atoms with Crippen molar-refractivity contribution in [3.8, 4) is 0 Å². The number of aromatic nitrogens is 3. The van der Waals surface area contributed by atoms with Crippen molar-refractivity contribution >= 4 is 34.8 Å². The van der Waals surface area contributed by atoms with Gasteiger partial charge in [0.05, 0.1) is 24.1 Å². The third-order valence-corrected chi connectivity index (χ3v) is 6.79. The van der Waals surface area contributed by atoms with E-state index < -0.39 is 53.6 Å². The van der Waals surface area contributed by atoms with Crippen LogP contribution in [0, 0.1) is 11.7 Å². The molecule has 1 aliphatic rings. The summed E-state index contributed by atoms with van der Waals surface area (Å²) in [6, 6.07) is 1.56. The van der Waals surface area contributed by atoms with Gasteiger partial charge in [-0.3, -0.25) is 14.4 Å². The number of fused-ring (bicyclic) bond motifs is 1. The third kappa shape index (κ3) is 6.29. The van der Waals surface area contributed by atoms with Crippen LogP contribution in [-0.2, 0) is 9.59 Å². The molecule has 2 aromatic heterocycles. The van der Waals surface area contributed by atoms with Crippen molar-refractivity contribution in [2.45, 2.75) is 44.4 Å². The number of imidazole rings is 1. The summed E-state index contributed by atoms with van der Waals surface area (Å²) < 4.78 is 54.5. The topological polar surface area (TPSA) is 109 Å². The number of piperidine rings is 1. The number of nitrogens with one attached hydrogen (secondary N) is 2. The molecule has 9 nitrogen and oxygen atoms in total. The second kappa shape index (κ2) is 11.2. The van der Waals surface area contributed by atoms with E-state index in [1.807, 2.05) is 0 Å². The van der Waals surface area contributed by atoms with E-state index in [-0.39, 0.29) is 30.2 Å². The van der Waals surface area contributed by atoms with Crippen molar-refractivity contribution in [2.24, 2.45) is 5.92 Å². The van der Waals surface area contributed by atoms with E-state index in [1.54, 1.807) is 15.9 Å². The highest BCUT2D eigenvalue weighted by molar-refractivity contribution is 6.30. The largest absolute Gasteiger partial charge is 0.471 e. The number of halogens is 5. The van der Waals surface area contributed by atoms with Gasteiger partial charge in [0.2, 0.25) is 5.91 Å². The van der Waals surface area contributed by atoms with Crippen LogP contribution in [0.15, 0.2) is 43.1 Å². The zero-order valence-electron chi connectivity index (χ0n) is 20.9. The number of benzene rings is 1. The van der Waals surface area contributed by atoms with E-state index in [0.29, 0.717) is 11.1 Å². The molecule has 1 saturated heterocycles. The first-order valence-corrected chi connectivity index (χ1v) is 12.4. The Bertz CT molecular complexity index is 1380. The molecular formula is C25H25ClF4N6O3. The lowest BCUT2D eigenvalue weighted by Crippen LogP contribution is -2.59. The quantitative estimate of drug-likeness (QED) is 0.444. The molecule has 0 bridgehead atoms. The lowest BCUT2D eigenvalue weighted by atomic mass is 9.84. The molecular weight excluding hydrogens is 544 g/mol. The number of amides is 3. The minimum atomic E-state index is -5.18. The normalized spacial score (nSPS) is 18.7. The molecule has 3 heterocycles. The van der Waals surface area contributed by atoms with Gasteiger partial charge in [-0.15, -0.1) is 0 Å². The van der Waals surface area contributed by atoms with Crippen molar-refractivity contribution in [3.05, 3.63) is 65.2 Å². The van der Waals surface area contributed by atoms with Gasteiger partial charge >= 0.3 is 12.1 Å². The number of hydrogen-bond acceptors (Lipinski definition) is 5. The second-order valence-electron chi connectivity index (χ2n) is 9.62. The molecule has 0 spiro atoms. The zero-order chi connectivity index (χ0) is 28.5. The number of carbonyl (C=O) groups excluding carboxylic acids is 3. The SMILES string of the molecule is CC(C)[C@@H](NC(=O)C(F)(F)F)C(=O)N[C@@H]1CN(C(=O)c2nccn3cncc23)CC[C@H]1c1cc(F)cc(Cl)c1. The summed E-state index contributed by atoms with van der Waals surface area (Å²) in [6.07, 6.45) is 1.17. The highest BCUT2D eigenvalue weighted by atomic mass is 35.5. The lowest BCUT2D eigenvalue weighted by molar-refractivity contribution is -0.175. The highest BCUT2D eigenvalue weighted by Gasteiger charge is 2.42. The van der Waals surface area contributed by atoms with Crippen molar-refractivity contribution in [1.29, 1.82) is 0 Å². The van der Waals surface area contributed by atoms with Crippen LogP contribution in [0.3, 0.4) is 0 Å². The standard InChI is InChI=1S/C25H25ClF4N6O3/c1-13(2)20(34-24(39)25(28,29)30)22(37)33-18-11-35(5-3-17(18)14-7-15(26)9-16(27)8-14)23(38)21-19-10-31-12-36(19)6-4-32-21/h4,6-10,12-13,17-18,20H,3,5,11H2,1-2H3,(H,33,37)(H,34,39)/t17-,18+,20+/m0/s1. The number of rotatable bonds is 6. The predicted octanol–water partition coefficient (Wildman–Crippen LogP) is 3.34. The minimum Gasteiger partial charge on any atom is -0.349 e. The molecule has 1 aromatic carbocycles. The molecule has 3 atom stereocenters. The van der Waals surface area contributed by atoms with Crippen LogP contribution in [0.5, 0.6) is 0 Å². The van der Waals surface area contributed by atoms with Crippen LogP contribution in [0.2, 0.25) is 5.02 Å².